The summed E-state index contributed by atoms with van der Waals surface area (Å²) in [5, 5.41) is 5.58. The number of methoxy groups -OCH3 is 1. The molecule has 11 nitrogen and oxygen atoms in total. The lowest BCUT2D eigenvalue weighted by Crippen LogP contribution is -2.41. The third-order valence-corrected chi connectivity index (χ3v) is 7.55. The van der Waals surface area contributed by atoms with Gasteiger partial charge in [-0.25, -0.2) is 22.7 Å². The first-order chi connectivity index (χ1) is 20.1. The molecule has 3 rings (SSSR count). The summed E-state index contributed by atoms with van der Waals surface area (Å²) in [5.41, 5.74) is 1.01. The zero-order valence-electron chi connectivity index (χ0n) is 22.7. The van der Waals surface area contributed by atoms with E-state index < -0.39 is 39.9 Å². The third-order valence-electron chi connectivity index (χ3n) is 5.95. The van der Waals surface area contributed by atoms with Crippen molar-refractivity contribution >= 4 is 45.5 Å². The standard InChI is InChI=1S/C29H30ClN3O8S/c1-40-28(36)25(9-5-6-18-31-29(37)41-19-20-7-3-2-4-8-20)32-26(34)21-10-12-22(13-11-21)27(35)33-42(38,39)24-16-14-23(30)15-17-24/h2-4,7-8,10-17,25H,5-6,9,18-19H2,1H3,(H,31,37)(H,32,34)(H,33,35)/t25-/m0/s1. The highest BCUT2D eigenvalue weighted by Crippen LogP contribution is 2.15. The van der Waals surface area contributed by atoms with Crippen LogP contribution < -0.4 is 15.4 Å². The predicted octanol–water partition coefficient (Wildman–Crippen LogP) is 3.83. The van der Waals surface area contributed by atoms with Gasteiger partial charge in [0.1, 0.15) is 12.6 Å². The van der Waals surface area contributed by atoms with E-state index in [-0.39, 0.29) is 29.1 Å². The van der Waals surface area contributed by atoms with Crippen molar-refractivity contribution in [1.82, 2.24) is 15.4 Å². The molecule has 3 amide bonds. The number of nitrogens with one attached hydrogen (secondary N) is 3. The van der Waals surface area contributed by atoms with Crippen molar-refractivity contribution in [3.8, 4) is 0 Å². The van der Waals surface area contributed by atoms with Crippen LogP contribution in [0.15, 0.2) is 83.8 Å². The van der Waals surface area contributed by atoms with Crippen LogP contribution in [0.2, 0.25) is 5.02 Å². The largest absolute Gasteiger partial charge is 0.467 e. The van der Waals surface area contributed by atoms with E-state index in [1.54, 1.807) is 0 Å². The Morgan fingerprint density at radius 2 is 1.45 bits per heavy atom. The summed E-state index contributed by atoms with van der Waals surface area (Å²) in [5.74, 6) is -2.11. The smallest absolute Gasteiger partial charge is 0.407 e. The van der Waals surface area contributed by atoms with Gasteiger partial charge in [-0.3, -0.25) is 9.59 Å². The average molecular weight is 616 g/mol. The molecule has 0 aromatic heterocycles. The molecular weight excluding hydrogens is 586 g/mol. The highest BCUT2D eigenvalue weighted by atomic mass is 35.5. The van der Waals surface area contributed by atoms with E-state index in [4.69, 9.17) is 21.1 Å². The number of carbonyl (C=O) groups is 4. The van der Waals surface area contributed by atoms with Gasteiger partial charge in [-0.15, -0.1) is 0 Å². The molecule has 42 heavy (non-hydrogen) atoms. The Morgan fingerprint density at radius 1 is 0.833 bits per heavy atom. The molecule has 0 aliphatic rings. The predicted molar refractivity (Wildman–Crippen MR) is 154 cm³/mol. The zero-order chi connectivity index (χ0) is 30.5. The minimum atomic E-state index is -4.13. The SMILES string of the molecule is COC(=O)[C@H](CCCCNC(=O)OCc1ccccc1)NC(=O)c1ccc(C(=O)NS(=O)(=O)c2ccc(Cl)cc2)cc1. The number of rotatable bonds is 13. The van der Waals surface area contributed by atoms with Crippen molar-refractivity contribution in [1.29, 1.82) is 0 Å². The lowest BCUT2D eigenvalue weighted by atomic mass is 10.1. The van der Waals surface area contributed by atoms with Gasteiger partial charge in [0.15, 0.2) is 0 Å². The van der Waals surface area contributed by atoms with Crippen molar-refractivity contribution < 1.29 is 37.1 Å². The Hall–Kier alpha value is -4.42. The van der Waals surface area contributed by atoms with E-state index in [1.807, 2.05) is 35.1 Å². The topological polar surface area (TPSA) is 157 Å². The molecule has 222 valence electrons. The zero-order valence-corrected chi connectivity index (χ0v) is 24.2. The fraction of sp³-hybridized carbons (Fsp3) is 0.241. The summed E-state index contributed by atoms with van der Waals surface area (Å²) in [6.45, 7) is 0.462. The summed E-state index contributed by atoms with van der Waals surface area (Å²) < 4.78 is 36.8. The minimum absolute atomic E-state index is 0.00315. The van der Waals surface area contributed by atoms with Gasteiger partial charge in [-0.1, -0.05) is 41.9 Å². The molecule has 0 radical (unpaired) electrons. The highest BCUT2D eigenvalue weighted by Gasteiger charge is 2.23. The van der Waals surface area contributed by atoms with Gasteiger partial charge in [-0.2, -0.15) is 0 Å². The van der Waals surface area contributed by atoms with Crippen molar-refractivity contribution in [2.24, 2.45) is 0 Å². The lowest BCUT2D eigenvalue weighted by molar-refractivity contribution is -0.143. The molecule has 0 heterocycles. The summed E-state index contributed by atoms with van der Waals surface area (Å²) in [6.07, 6.45) is 0.700. The Labute approximate surface area is 248 Å². The van der Waals surface area contributed by atoms with Crippen molar-refractivity contribution in [2.75, 3.05) is 13.7 Å². The van der Waals surface area contributed by atoms with E-state index in [1.165, 1.54) is 55.6 Å². The van der Waals surface area contributed by atoms with E-state index in [2.05, 4.69) is 10.6 Å². The number of amides is 3. The summed E-state index contributed by atoms with van der Waals surface area (Å²) in [4.78, 5) is 49.2. The van der Waals surface area contributed by atoms with E-state index in [9.17, 15) is 27.6 Å². The molecule has 0 bridgehead atoms. The van der Waals surface area contributed by atoms with Gasteiger partial charge in [0, 0.05) is 22.7 Å². The number of hydrogen-bond donors (Lipinski definition) is 3. The number of sulfonamides is 1. The maximum absolute atomic E-state index is 12.8. The first-order valence-corrected chi connectivity index (χ1v) is 14.7. The summed E-state index contributed by atoms with van der Waals surface area (Å²) in [7, 11) is -2.93. The molecule has 13 heteroatoms. The molecular formula is C29H30ClN3O8S. The molecule has 0 aliphatic heterocycles. The van der Waals surface area contributed by atoms with Gasteiger partial charge < -0.3 is 20.1 Å². The number of hydrogen-bond acceptors (Lipinski definition) is 8. The third kappa shape index (κ3) is 9.89. The van der Waals surface area contributed by atoms with Crippen LogP contribution in [0.4, 0.5) is 4.79 Å². The van der Waals surface area contributed by atoms with Crippen LogP contribution in [0.3, 0.4) is 0 Å². The quantitative estimate of drug-likeness (QED) is 0.193. The second-order valence-corrected chi connectivity index (χ2v) is 11.1. The Bertz CT molecular complexity index is 1480. The average Bonchev–Trinajstić information content (AvgIpc) is 2.99. The molecule has 3 aromatic carbocycles. The lowest BCUT2D eigenvalue weighted by Gasteiger charge is -2.17. The number of halogens is 1. The van der Waals surface area contributed by atoms with Crippen molar-refractivity contribution in [3.05, 3.63) is 101 Å². The molecule has 0 aliphatic carbocycles. The Balaban J connectivity index is 1.46. The maximum atomic E-state index is 12.8. The molecule has 3 N–H and O–H groups in total. The number of ether oxygens (including phenoxy) is 2. The fourth-order valence-corrected chi connectivity index (χ4v) is 4.80. The molecule has 3 aromatic rings. The van der Waals surface area contributed by atoms with Crippen LogP contribution in [0.5, 0.6) is 0 Å². The summed E-state index contributed by atoms with van der Waals surface area (Å²) >= 11 is 5.78. The molecule has 1 atom stereocenters. The van der Waals surface area contributed by atoms with E-state index in [0.717, 1.165) is 5.56 Å². The number of carbonyl (C=O) groups excluding carboxylic acids is 4. The normalized spacial score (nSPS) is 11.6. The van der Waals surface area contributed by atoms with Crippen molar-refractivity contribution in [2.45, 2.75) is 36.8 Å². The Kier molecular flexibility index (Phi) is 11.9. The van der Waals surface area contributed by atoms with Crippen molar-refractivity contribution in [3.63, 3.8) is 0 Å². The highest BCUT2D eigenvalue weighted by molar-refractivity contribution is 7.90. The number of unbranched alkanes of at least 4 members (excludes halogenated alkanes) is 1. The minimum Gasteiger partial charge on any atom is -0.467 e. The van der Waals surface area contributed by atoms with Crippen LogP contribution in [0.1, 0.15) is 45.5 Å². The Morgan fingerprint density at radius 3 is 2.07 bits per heavy atom. The van der Waals surface area contributed by atoms with Gasteiger partial charge in [0.25, 0.3) is 21.8 Å². The van der Waals surface area contributed by atoms with Gasteiger partial charge >= 0.3 is 12.1 Å². The van der Waals surface area contributed by atoms with E-state index in [0.29, 0.717) is 24.4 Å². The van der Waals surface area contributed by atoms with E-state index >= 15 is 0 Å². The molecule has 0 spiro atoms. The van der Waals surface area contributed by atoms with Gasteiger partial charge in [0.2, 0.25) is 0 Å². The second-order valence-electron chi connectivity index (χ2n) is 9.00. The number of alkyl carbamates (subject to hydrolysis) is 1. The van der Waals surface area contributed by atoms with Crippen LogP contribution in [-0.2, 0) is 30.9 Å². The number of benzene rings is 3. The molecule has 0 saturated carbocycles. The second kappa shape index (κ2) is 15.5. The fourth-order valence-electron chi connectivity index (χ4n) is 3.70. The molecule has 0 unspecified atom stereocenters. The van der Waals surface area contributed by atoms with Crippen LogP contribution in [-0.4, -0.2) is 52.0 Å². The summed E-state index contributed by atoms with van der Waals surface area (Å²) in [6, 6.07) is 18.8. The van der Waals surface area contributed by atoms with Gasteiger partial charge in [0.05, 0.1) is 12.0 Å². The van der Waals surface area contributed by atoms with Gasteiger partial charge in [-0.05, 0) is 73.4 Å². The van der Waals surface area contributed by atoms with Crippen LogP contribution >= 0.6 is 11.6 Å². The first kappa shape index (κ1) is 32.1. The number of esters is 1. The maximum Gasteiger partial charge on any atom is 0.407 e. The molecule has 0 saturated heterocycles. The molecule has 0 fully saturated rings. The van der Waals surface area contributed by atoms with Crippen LogP contribution in [0.25, 0.3) is 0 Å². The van der Waals surface area contributed by atoms with Crippen LogP contribution in [0, 0.1) is 0 Å². The monoisotopic (exact) mass is 615 g/mol. The first-order valence-electron chi connectivity index (χ1n) is 12.8.